The fraction of sp³-hybridized carbons (Fsp3) is 0.462. The number of benzene rings is 1. The summed E-state index contributed by atoms with van der Waals surface area (Å²) in [6.07, 6.45) is 0.704. The lowest BCUT2D eigenvalue weighted by atomic mass is 9.84. The van der Waals surface area contributed by atoms with Crippen molar-refractivity contribution in [2.24, 2.45) is 5.92 Å². The molecule has 0 bridgehead atoms. The molecule has 37 heavy (non-hydrogen) atoms. The summed E-state index contributed by atoms with van der Waals surface area (Å²) < 4.78 is 40.3. The Morgan fingerprint density at radius 3 is 2.27 bits per heavy atom. The maximum atomic E-state index is 14.3. The largest absolute Gasteiger partial charge is 0.494 e. The van der Waals surface area contributed by atoms with Crippen molar-refractivity contribution in [3.63, 3.8) is 0 Å². The van der Waals surface area contributed by atoms with Crippen LogP contribution in [0.15, 0.2) is 30.5 Å². The summed E-state index contributed by atoms with van der Waals surface area (Å²) in [5.74, 6) is -2.56. The zero-order valence-corrected chi connectivity index (χ0v) is 22.0. The minimum atomic E-state index is -1.05. The third-order valence-electron chi connectivity index (χ3n) is 5.56. The summed E-state index contributed by atoms with van der Waals surface area (Å²) in [6, 6.07) is 5.04. The Bertz CT molecular complexity index is 1110. The van der Waals surface area contributed by atoms with Crippen LogP contribution in [0.25, 0.3) is 0 Å². The third-order valence-corrected chi connectivity index (χ3v) is 5.56. The lowest BCUT2D eigenvalue weighted by Gasteiger charge is -2.29. The number of hydrogen-bond donors (Lipinski definition) is 1. The molecular formula is C26H33FN2O8. The highest BCUT2D eigenvalue weighted by molar-refractivity contribution is 5.98. The van der Waals surface area contributed by atoms with Gasteiger partial charge in [-0.25, -0.2) is 14.2 Å². The molecule has 1 heterocycles. The van der Waals surface area contributed by atoms with Crippen LogP contribution >= 0.6 is 0 Å². The van der Waals surface area contributed by atoms with Crippen LogP contribution in [0, 0.1) is 11.7 Å². The first-order chi connectivity index (χ1) is 17.5. The molecule has 0 radical (unpaired) electrons. The van der Waals surface area contributed by atoms with Gasteiger partial charge >= 0.3 is 11.9 Å². The van der Waals surface area contributed by atoms with Crippen LogP contribution in [0.1, 0.15) is 56.6 Å². The first kappa shape index (κ1) is 29.3. The molecule has 1 amide bonds. The molecule has 1 N–H and O–H groups in total. The van der Waals surface area contributed by atoms with Crippen LogP contribution in [0.3, 0.4) is 0 Å². The number of methoxy groups -OCH3 is 2. The van der Waals surface area contributed by atoms with E-state index in [4.69, 9.17) is 23.7 Å². The molecule has 0 aliphatic carbocycles. The molecule has 0 aliphatic heterocycles. The van der Waals surface area contributed by atoms with Gasteiger partial charge < -0.3 is 29.0 Å². The molecule has 3 atom stereocenters. The van der Waals surface area contributed by atoms with Gasteiger partial charge in [0.1, 0.15) is 12.1 Å². The summed E-state index contributed by atoms with van der Waals surface area (Å²) >= 11 is 0. The van der Waals surface area contributed by atoms with Gasteiger partial charge in [-0.05, 0) is 37.5 Å². The number of ether oxygens (including phenoxy) is 5. The van der Waals surface area contributed by atoms with Crippen molar-refractivity contribution in [2.75, 3.05) is 21.0 Å². The van der Waals surface area contributed by atoms with Crippen molar-refractivity contribution < 1.29 is 42.5 Å². The fourth-order valence-corrected chi connectivity index (χ4v) is 3.83. The smallest absolute Gasteiger partial charge is 0.328 e. The van der Waals surface area contributed by atoms with Crippen molar-refractivity contribution in [1.29, 1.82) is 0 Å². The molecule has 0 saturated carbocycles. The maximum absolute atomic E-state index is 14.3. The second kappa shape index (κ2) is 13.4. The summed E-state index contributed by atoms with van der Waals surface area (Å²) in [4.78, 5) is 40.8. The van der Waals surface area contributed by atoms with Gasteiger partial charge in [0.2, 0.25) is 6.79 Å². The van der Waals surface area contributed by atoms with Crippen molar-refractivity contribution >= 4 is 17.8 Å². The summed E-state index contributed by atoms with van der Waals surface area (Å²) in [5.41, 5.74) is 0.480. The van der Waals surface area contributed by atoms with E-state index < -0.39 is 42.6 Å². The van der Waals surface area contributed by atoms with Crippen LogP contribution in [0.5, 0.6) is 17.2 Å². The predicted molar refractivity (Wildman–Crippen MR) is 131 cm³/mol. The van der Waals surface area contributed by atoms with E-state index in [0.717, 1.165) is 0 Å². The van der Waals surface area contributed by atoms with E-state index in [1.54, 1.807) is 13.0 Å². The average molecular weight is 521 g/mol. The van der Waals surface area contributed by atoms with E-state index in [1.807, 2.05) is 13.8 Å². The number of aromatic nitrogens is 1. The SMILES string of the molecule is COc1ccc([C@H](C(C)C)[C@H](C)OC(=O)[C@H](C)NC(=O)c2nccc(OC)c2OCOC(C)=O)cc1F. The number of rotatable bonds is 12. The van der Waals surface area contributed by atoms with Gasteiger partial charge in [-0.3, -0.25) is 9.59 Å². The average Bonchev–Trinajstić information content (AvgIpc) is 2.83. The molecule has 0 saturated heterocycles. The Labute approximate surface area is 215 Å². The number of halogens is 1. The highest BCUT2D eigenvalue weighted by atomic mass is 19.1. The van der Waals surface area contributed by atoms with E-state index in [0.29, 0.717) is 5.56 Å². The quantitative estimate of drug-likeness (QED) is 0.330. The van der Waals surface area contributed by atoms with Crippen LogP contribution < -0.4 is 19.5 Å². The fourth-order valence-electron chi connectivity index (χ4n) is 3.83. The van der Waals surface area contributed by atoms with Crippen molar-refractivity contribution in [3.05, 3.63) is 47.5 Å². The number of carbonyl (C=O) groups excluding carboxylic acids is 3. The van der Waals surface area contributed by atoms with E-state index in [9.17, 15) is 18.8 Å². The van der Waals surface area contributed by atoms with Gasteiger partial charge in [0.15, 0.2) is 28.8 Å². The van der Waals surface area contributed by atoms with Gasteiger partial charge in [-0.2, -0.15) is 0 Å². The van der Waals surface area contributed by atoms with Gasteiger partial charge in [-0.15, -0.1) is 0 Å². The number of pyridine rings is 1. The van der Waals surface area contributed by atoms with Crippen LogP contribution in [-0.2, 0) is 19.1 Å². The Morgan fingerprint density at radius 1 is 1.03 bits per heavy atom. The molecule has 0 unspecified atom stereocenters. The lowest BCUT2D eigenvalue weighted by Crippen LogP contribution is -2.42. The highest BCUT2D eigenvalue weighted by Gasteiger charge is 2.30. The number of esters is 2. The molecule has 11 heteroatoms. The monoisotopic (exact) mass is 520 g/mol. The van der Waals surface area contributed by atoms with Crippen molar-refractivity contribution in [1.82, 2.24) is 10.3 Å². The Kier molecular flexibility index (Phi) is 10.6. The topological polar surface area (TPSA) is 122 Å². The van der Waals surface area contributed by atoms with E-state index in [1.165, 1.54) is 52.5 Å². The highest BCUT2D eigenvalue weighted by Crippen LogP contribution is 2.33. The van der Waals surface area contributed by atoms with Crippen LogP contribution in [0.2, 0.25) is 0 Å². The zero-order valence-electron chi connectivity index (χ0n) is 22.0. The number of hydrogen-bond acceptors (Lipinski definition) is 9. The van der Waals surface area contributed by atoms with Crippen LogP contribution in [0.4, 0.5) is 4.39 Å². The van der Waals surface area contributed by atoms with Gasteiger partial charge in [0.05, 0.1) is 14.2 Å². The maximum Gasteiger partial charge on any atom is 0.328 e. The van der Waals surface area contributed by atoms with Gasteiger partial charge in [0.25, 0.3) is 5.91 Å². The molecule has 202 valence electrons. The molecule has 0 fully saturated rings. The molecule has 2 rings (SSSR count). The number of nitrogens with zero attached hydrogens (tertiary/aromatic N) is 1. The zero-order chi connectivity index (χ0) is 27.7. The summed E-state index contributed by atoms with van der Waals surface area (Å²) in [7, 11) is 2.76. The molecule has 2 aromatic rings. The van der Waals surface area contributed by atoms with Crippen LogP contribution in [-0.4, -0.2) is 56.0 Å². The van der Waals surface area contributed by atoms with Gasteiger partial charge in [-0.1, -0.05) is 19.9 Å². The molecule has 1 aromatic carbocycles. The summed E-state index contributed by atoms with van der Waals surface area (Å²) in [5, 5.41) is 2.53. The predicted octanol–water partition coefficient (Wildman–Crippen LogP) is 3.63. The standard InChI is InChI=1S/C26H33FN2O8/c1-14(2)22(18-8-9-20(33-6)19(27)12-18)16(4)37-26(32)15(3)29-25(31)23-24(36-13-35-17(5)30)21(34-7)10-11-28-23/h8-12,14-16,22H,13H2,1-7H3,(H,29,31)/t15-,16-,22+/m0/s1. The molecule has 0 spiro atoms. The Balaban J connectivity index is 2.13. The third kappa shape index (κ3) is 7.80. The Hall–Kier alpha value is -3.89. The van der Waals surface area contributed by atoms with E-state index >= 15 is 0 Å². The minimum Gasteiger partial charge on any atom is -0.494 e. The van der Waals surface area contributed by atoms with E-state index in [-0.39, 0.29) is 34.8 Å². The molecule has 0 aliphatic rings. The second-order valence-corrected chi connectivity index (χ2v) is 8.59. The van der Waals surface area contributed by atoms with E-state index in [2.05, 4.69) is 10.3 Å². The van der Waals surface area contributed by atoms with Gasteiger partial charge in [0, 0.05) is 25.1 Å². The second-order valence-electron chi connectivity index (χ2n) is 8.59. The van der Waals surface area contributed by atoms with Crippen molar-refractivity contribution in [2.45, 2.75) is 52.7 Å². The minimum absolute atomic E-state index is 0.0124. The number of nitrogens with one attached hydrogen (secondary N) is 1. The Morgan fingerprint density at radius 2 is 1.70 bits per heavy atom. The first-order valence-corrected chi connectivity index (χ1v) is 11.6. The first-order valence-electron chi connectivity index (χ1n) is 11.6. The molecule has 10 nitrogen and oxygen atoms in total. The number of amides is 1. The normalized spacial score (nSPS) is 13.2. The summed E-state index contributed by atoms with van der Waals surface area (Å²) in [6.45, 7) is 7.80. The molecule has 1 aromatic heterocycles. The number of carbonyl (C=O) groups is 3. The van der Waals surface area contributed by atoms with Crippen molar-refractivity contribution in [3.8, 4) is 17.2 Å². The molecular weight excluding hydrogens is 487 g/mol. The lowest BCUT2D eigenvalue weighted by molar-refractivity contribution is -0.152.